The summed E-state index contributed by atoms with van der Waals surface area (Å²) in [6.07, 6.45) is -0.336. The monoisotopic (exact) mass is 243 g/mol. The molecule has 0 aromatic heterocycles. The van der Waals surface area contributed by atoms with Crippen LogP contribution in [-0.2, 0) is 9.53 Å². The third-order valence-corrected chi connectivity index (χ3v) is 3.61. The zero-order chi connectivity index (χ0) is 12.5. The molecular weight excluding hydrogens is 234 g/mol. The van der Waals surface area contributed by atoms with E-state index in [0.717, 1.165) is 11.3 Å². The Kier molecular flexibility index (Phi) is 1.51. The van der Waals surface area contributed by atoms with Crippen LogP contribution in [0.4, 0.5) is 10.5 Å². The Hall–Kier alpha value is -2.21. The molecule has 1 aromatic carbocycles. The average Bonchev–Trinajstić information content (AvgIpc) is 3.10. The van der Waals surface area contributed by atoms with Crippen molar-refractivity contribution in [1.29, 1.82) is 0 Å². The van der Waals surface area contributed by atoms with Crippen LogP contribution in [0, 0.1) is 0 Å². The molecule has 6 nitrogen and oxygen atoms in total. The largest absolute Gasteiger partial charge is 0.349 e. The summed E-state index contributed by atoms with van der Waals surface area (Å²) in [7, 11) is 1.78. The van der Waals surface area contributed by atoms with Crippen LogP contribution in [-0.4, -0.2) is 30.4 Å². The number of hydrogen-bond acceptors (Lipinski definition) is 4. The van der Waals surface area contributed by atoms with Gasteiger partial charge in [-0.05, 0) is 6.07 Å². The van der Waals surface area contributed by atoms with E-state index >= 15 is 0 Å². The smallest absolute Gasteiger partial charge is 0.343 e. The molecule has 0 saturated carbocycles. The molecule has 0 bridgehead atoms. The number of aliphatic imine (C=N–C) groups is 1. The van der Waals surface area contributed by atoms with E-state index in [0.29, 0.717) is 5.84 Å². The number of amides is 3. The normalized spacial score (nSPS) is 31.9. The fourth-order valence-corrected chi connectivity index (χ4v) is 2.73. The van der Waals surface area contributed by atoms with E-state index in [4.69, 9.17) is 4.74 Å². The second-order valence-corrected chi connectivity index (χ2v) is 4.55. The summed E-state index contributed by atoms with van der Waals surface area (Å²) in [4.78, 5) is 29.0. The summed E-state index contributed by atoms with van der Waals surface area (Å²) >= 11 is 0. The first-order chi connectivity index (χ1) is 8.64. The summed E-state index contributed by atoms with van der Waals surface area (Å²) in [6, 6.07) is 7.00. The van der Waals surface area contributed by atoms with Gasteiger partial charge in [0.1, 0.15) is 6.10 Å². The lowest BCUT2D eigenvalue weighted by atomic mass is 9.90. The van der Waals surface area contributed by atoms with Crippen molar-refractivity contribution in [2.24, 2.45) is 4.99 Å². The molecule has 3 amide bonds. The second kappa shape index (κ2) is 2.78. The highest BCUT2D eigenvalue weighted by Crippen LogP contribution is 2.57. The molecule has 1 N–H and O–H groups in total. The van der Waals surface area contributed by atoms with Gasteiger partial charge in [0.15, 0.2) is 5.84 Å². The summed E-state index contributed by atoms with van der Waals surface area (Å²) < 4.78 is 5.59. The highest BCUT2D eigenvalue weighted by atomic mass is 16.6. The number of carbonyl (C=O) groups excluding carboxylic acids is 2. The predicted octanol–water partition coefficient (Wildman–Crippen LogP) is 0.595. The molecule has 18 heavy (non-hydrogen) atoms. The van der Waals surface area contributed by atoms with Crippen LogP contribution in [0.1, 0.15) is 11.7 Å². The van der Waals surface area contributed by atoms with Crippen LogP contribution in [0.25, 0.3) is 0 Å². The van der Waals surface area contributed by atoms with Crippen LogP contribution in [0.2, 0.25) is 0 Å². The number of nitrogens with zero attached hydrogens (tertiary/aromatic N) is 2. The van der Waals surface area contributed by atoms with Crippen LogP contribution in [0.5, 0.6) is 0 Å². The Morgan fingerprint density at radius 2 is 2.17 bits per heavy atom. The molecule has 1 spiro atoms. The molecule has 6 heteroatoms. The van der Waals surface area contributed by atoms with Crippen molar-refractivity contribution in [3.63, 3.8) is 0 Å². The fraction of sp³-hybridized carbons (Fsp3) is 0.250. The maximum absolute atomic E-state index is 12.0. The lowest BCUT2D eigenvalue weighted by molar-refractivity contribution is -0.123. The van der Waals surface area contributed by atoms with Crippen molar-refractivity contribution in [3.8, 4) is 0 Å². The van der Waals surface area contributed by atoms with Gasteiger partial charge in [-0.15, -0.1) is 0 Å². The third kappa shape index (κ3) is 0.910. The molecule has 0 aliphatic carbocycles. The van der Waals surface area contributed by atoms with Crippen LogP contribution in [0.15, 0.2) is 29.3 Å². The minimum absolute atomic E-state index is 0.336. The van der Waals surface area contributed by atoms with E-state index in [1.807, 2.05) is 24.3 Å². The Morgan fingerprint density at radius 1 is 1.39 bits per heavy atom. The van der Waals surface area contributed by atoms with E-state index in [1.54, 1.807) is 11.9 Å². The van der Waals surface area contributed by atoms with Crippen LogP contribution >= 0.6 is 0 Å². The summed E-state index contributed by atoms with van der Waals surface area (Å²) in [5.41, 5.74) is 0.761. The topological polar surface area (TPSA) is 74.3 Å². The van der Waals surface area contributed by atoms with E-state index in [9.17, 15) is 9.59 Å². The van der Waals surface area contributed by atoms with Gasteiger partial charge < -0.3 is 9.64 Å². The Labute approximate surface area is 102 Å². The Balaban J connectivity index is 1.98. The summed E-state index contributed by atoms with van der Waals surface area (Å²) in [5, 5.41) is 2.19. The Morgan fingerprint density at radius 3 is 3.00 bits per heavy atom. The van der Waals surface area contributed by atoms with Crippen molar-refractivity contribution in [3.05, 3.63) is 29.8 Å². The van der Waals surface area contributed by atoms with Crippen molar-refractivity contribution in [2.75, 3.05) is 11.9 Å². The van der Waals surface area contributed by atoms with E-state index in [1.165, 1.54) is 0 Å². The number of fused-ring (bicyclic) bond motifs is 2. The molecule has 0 radical (unpaired) electrons. The number of urea groups is 1. The van der Waals surface area contributed by atoms with Crippen molar-refractivity contribution in [1.82, 2.24) is 5.32 Å². The summed E-state index contributed by atoms with van der Waals surface area (Å²) in [6.45, 7) is 0. The molecule has 2 atom stereocenters. The molecule has 0 unspecified atom stereocenters. The van der Waals surface area contributed by atoms with Crippen molar-refractivity contribution < 1.29 is 14.3 Å². The maximum atomic E-state index is 12.0. The molecule has 4 rings (SSSR count). The zero-order valence-electron chi connectivity index (χ0n) is 9.51. The number of nitrogens with one attached hydrogen (secondary N) is 1. The second-order valence-electron chi connectivity index (χ2n) is 4.55. The van der Waals surface area contributed by atoms with E-state index in [2.05, 4.69) is 10.3 Å². The minimum Gasteiger partial charge on any atom is -0.343 e. The SMILES string of the molecule is CN1C2=NC(=O)NC(=O)[C@]23O[C@H]3c2ccccc21. The Bertz CT molecular complexity index is 639. The first kappa shape index (κ1) is 9.78. The molecule has 3 aliphatic heterocycles. The number of carbonyl (C=O) groups is 2. The average molecular weight is 243 g/mol. The first-order valence-corrected chi connectivity index (χ1v) is 5.59. The maximum Gasteiger partial charge on any atom is 0.349 e. The van der Waals surface area contributed by atoms with Crippen molar-refractivity contribution in [2.45, 2.75) is 11.7 Å². The van der Waals surface area contributed by atoms with Crippen molar-refractivity contribution >= 4 is 23.5 Å². The number of para-hydroxylation sites is 1. The predicted molar refractivity (Wildman–Crippen MR) is 62.4 cm³/mol. The van der Waals surface area contributed by atoms with Gasteiger partial charge in [0.2, 0.25) is 5.60 Å². The highest BCUT2D eigenvalue weighted by Gasteiger charge is 2.72. The fourth-order valence-electron chi connectivity index (χ4n) is 2.73. The number of likely N-dealkylation sites (N-methyl/N-ethyl adjacent to an activating group) is 1. The number of amidine groups is 1. The number of benzene rings is 1. The lowest BCUT2D eigenvalue weighted by Gasteiger charge is -2.32. The van der Waals surface area contributed by atoms with Gasteiger partial charge in [-0.25, -0.2) is 4.79 Å². The highest BCUT2D eigenvalue weighted by molar-refractivity contribution is 6.29. The molecule has 1 fully saturated rings. The first-order valence-electron chi connectivity index (χ1n) is 5.59. The number of ether oxygens (including phenoxy) is 1. The molecule has 3 aliphatic rings. The van der Waals surface area contributed by atoms with Gasteiger partial charge in [-0.1, -0.05) is 18.2 Å². The van der Waals surface area contributed by atoms with Crippen LogP contribution in [0.3, 0.4) is 0 Å². The van der Waals surface area contributed by atoms with Gasteiger partial charge in [0.05, 0.1) is 0 Å². The van der Waals surface area contributed by atoms with E-state index < -0.39 is 17.5 Å². The quantitative estimate of drug-likeness (QED) is 0.677. The van der Waals surface area contributed by atoms with E-state index in [-0.39, 0.29) is 6.10 Å². The number of rotatable bonds is 0. The zero-order valence-corrected chi connectivity index (χ0v) is 9.51. The van der Waals surface area contributed by atoms with Gasteiger partial charge >= 0.3 is 6.03 Å². The lowest BCUT2D eigenvalue weighted by Crippen LogP contribution is -2.57. The van der Waals surface area contributed by atoms with Gasteiger partial charge in [0.25, 0.3) is 5.91 Å². The number of hydrogen-bond donors (Lipinski definition) is 1. The third-order valence-electron chi connectivity index (χ3n) is 3.61. The van der Waals surface area contributed by atoms with Crippen LogP contribution < -0.4 is 10.2 Å². The number of imide groups is 1. The van der Waals surface area contributed by atoms with Gasteiger partial charge in [-0.3, -0.25) is 10.1 Å². The molecule has 1 saturated heterocycles. The standard InChI is InChI=1S/C12H9N3O3/c1-15-7-5-3-2-4-6(7)8-12(18-8)9(15)13-11(17)14-10(12)16/h2-5,8H,1H3,(H,14,16,17)/t8-,12+/m0/s1. The number of epoxide rings is 1. The summed E-state index contributed by atoms with van der Waals surface area (Å²) in [5.74, 6) is -0.0520. The molecule has 90 valence electrons. The molecule has 3 heterocycles. The minimum atomic E-state index is -1.10. The number of anilines is 1. The van der Waals surface area contributed by atoms with Gasteiger partial charge in [0, 0.05) is 18.3 Å². The molecular formula is C12H9N3O3. The van der Waals surface area contributed by atoms with Gasteiger partial charge in [-0.2, -0.15) is 4.99 Å². The molecule has 1 aromatic rings.